The van der Waals surface area contributed by atoms with Crippen LogP contribution in [0.5, 0.6) is 0 Å². The van der Waals surface area contributed by atoms with Crippen LogP contribution in [-0.2, 0) is 4.79 Å². The summed E-state index contributed by atoms with van der Waals surface area (Å²) in [6.45, 7) is 9.36. The van der Waals surface area contributed by atoms with Crippen LogP contribution in [0.3, 0.4) is 0 Å². The van der Waals surface area contributed by atoms with Crippen molar-refractivity contribution in [3.63, 3.8) is 0 Å². The van der Waals surface area contributed by atoms with Gasteiger partial charge in [0.2, 0.25) is 5.91 Å². The molecule has 1 aromatic heterocycles. The smallest absolute Gasteiger partial charge is 0.227 e. The van der Waals surface area contributed by atoms with E-state index in [1.807, 2.05) is 18.7 Å². The number of piperidine rings is 1. The fourth-order valence-corrected chi connectivity index (χ4v) is 3.48. The highest BCUT2D eigenvalue weighted by molar-refractivity contribution is 5.80. The van der Waals surface area contributed by atoms with Crippen LogP contribution in [-0.4, -0.2) is 72.0 Å². The van der Waals surface area contributed by atoms with E-state index in [2.05, 4.69) is 26.8 Å². The van der Waals surface area contributed by atoms with E-state index in [4.69, 9.17) is 0 Å². The van der Waals surface area contributed by atoms with Crippen LogP contribution in [0.15, 0.2) is 6.20 Å². The molecule has 126 valence electrons. The highest BCUT2D eigenvalue weighted by Gasteiger charge is 2.31. The summed E-state index contributed by atoms with van der Waals surface area (Å²) in [5.41, 5.74) is 1.88. The summed E-state index contributed by atoms with van der Waals surface area (Å²) in [7, 11) is 2.11. The predicted octanol–water partition coefficient (Wildman–Crippen LogP) is 1.08. The van der Waals surface area contributed by atoms with Crippen molar-refractivity contribution < 1.29 is 4.79 Å². The second-order valence-electron chi connectivity index (χ2n) is 6.83. The van der Waals surface area contributed by atoms with E-state index in [-0.39, 0.29) is 5.92 Å². The van der Waals surface area contributed by atoms with Crippen LogP contribution in [0, 0.1) is 19.8 Å². The Morgan fingerprint density at radius 1 is 1.17 bits per heavy atom. The van der Waals surface area contributed by atoms with E-state index in [0.717, 1.165) is 69.3 Å². The molecule has 0 bridgehead atoms. The van der Waals surface area contributed by atoms with Crippen molar-refractivity contribution in [2.45, 2.75) is 26.7 Å². The zero-order chi connectivity index (χ0) is 16.4. The quantitative estimate of drug-likeness (QED) is 0.817. The molecule has 6 nitrogen and oxygen atoms in total. The second-order valence-corrected chi connectivity index (χ2v) is 6.83. The topological polar surface area (TPSA) is 52.6 Å². The van der Waals surface area contributed by atoms with Gasteiger partial charge in [0.25, 0.3) is 0 Å². The van der Waals surface area contributed by atoms with Gasteiger partial charge in [-0.25, -0.2) is 4.98 Å². The molecule has 0 N–H and O–H groups in total. The van der Waals surface area contributed by atoms with Gasteiger partial charge in [-0.3, -0.25) is 9.78 Å². The molecule has 1 atom stereocenters. The van der Waals surface area contributed by atoms with Crippen molar-refractivity contribution in [3.8, 4) is 0 Å². The number of aryl methyl sites for hydroxylation is 2. The minimum absolute atomic E-state index is 0.0915. The highest BCUT2D eigenvalue weighted by Crippen LogP contribution is 2.25. The van der Waals surface area contributed by atoms with Gasteiger partial charge in [-0.15, -0.1) is 0 Å². The first-order valence-electron chi connectivity index (χ1n) is 8.57. The molecule has 6 heteroatoms. The number of amides is 1. The van der Waals surface area contributed by atoms with Crippen molar-refractivity contribution in [3.05, 3.63) is 17.6 Å². The third-order valence-corrected chi connectivity index (χ3v) is 4.94. The zero-order valence-electron chi connectivity index (χ0n) is 14.5. The van der Waals surface area contributed by atoms with Crippen molar-refractivity contribution >= 4 is 11.7 Å². The standard InChI is InChI=1S/C17H27N5O/c1-13-11-18-14(2)16(19-13)22-6-4-5-15(12-22)17(23)21-9-7-20(3)8-10-21/h11,15H,4-10,12H2,1-3H3/t15-/m1/s1. The van der Waals surface area contributed by atoms with Gasteiger partial charge in [-0.1, -0.05) is 0 Å². The summed E-state index contributed by atoms with van der Waals surface area (Å²) in [5, 5.41) is 0. The Labute approximate surface area is 138 Å². The van der Waals surface area contributed by atoms with Crippen LogP contribution in [0.1, 0.15) is 24.2 Å². The minimum Gasteiger partial charge on any atom is -0.354 e. The maximum absolute atomic E-state index is 12.8. The number of nitrogens with zero attached hydrogens (tertiary/aromatic N) is 5. The Kier molecular flexibility index (Phi) is 4.80. The summed E-state index contributed by atoms with van der Waals surface area (Å²) >= 11 is 0. The van der Waals surface area contributed by atoms with E-state index in [1.54, 1.807) is 6.20 Å². The summed E-state index contributed by atoms with van der Waals surface area (Å²) in [5.74, 6) is 1.36. The van der Waals surface area contributed by atoms with E-state index in [1.165, 1.54) is 0 Å². The lowest BCUT2D eigenvalue weighted by Gasteiger charge is -2.38. The SMILES string of the molecule is Cc1cnc(C)c(N2CCC[C@@H](C(=O)N3CCN(C)CC3)C2)n1. The number of anilines is 1. The number of likely N-dealkylation sites (N-methyl/N-ethyl adjacent to an activating group) is 1. The van der Waals surface area contributed by atoms with Crippen molar-refractivity contribution in [1.82, 2.24) is 19.8 Å². The Balaban J connectivity index is 1.68. The van der Waals surface area contributed by atoms with Crippen LogP contribution >= 0.6 is 0 Å². The molecule has 3 rings (SSSR count). The van der Waals surface area contributed by atoms with Crippen molar-refractivity contribution in [1.29, 1.82) is 0 Å². The predicted molar refractivity (Wildman–Crippen MR) is 90.5 cm³/mol. The van der Waals surface area contributed by atoms with E-state index in [9.17, 15) is 4.79 Å². The zero-order valence-corrected chi connectivity index (χ0v) is 14.5. The van der Waals surface area contributed by atoms with E-state index >= 15 is 0 Å². The summed E-state index contributed by atoms with van der Waals surface area (Å²) in [6.07, 6.45) is 3.83. The van der Waals surface area contributed by atoms with Gasteiger partial charge in [0.15, 0.2) is 0 Å². The first-order chi connectivity index (χ1) is 11.0. The first-order valence-corrected chi connectivity index (χ1v) is 8.57. The minimum atomic E-state index is 0.0915. The van der Waals surface area contributed by atoms with Gasteiger partial charge in [-0.2, -0.15) is 0 Å². The molecule has 0 aromatic carbocycles. The molecular formula is C17H27N5O. The lowest BCUT2D eigenvalue weighted by molar-refractivity contribution is -0.137. The monoisotopic (exact) mass is 317 g/mol. The van der Waals surface area contributed by atoms with Gasteiger partial charge < -0.3 is 14.7 Å². The Bertz CT molecular complexity index is 568. The van der Waals surface area contributed by atoms with E-state index in [0.29, 0.717) is 5.91 Å². The molecule has 23 heavy (non-hydrogen) atoms. The van der Waals surface area contributed by atoms with E-state index < -0.39 is 0 Å². The van der Waals surface area contributed by atoms with Gasteiger partial charge >= 0.3 is 0 Å². The molecule has 3 heterocycles. The number of rotatable bonds is 2. The lowest BCUT2D eigenvalue weighted by Crippen LogP contribution is -2.51. The average molecular weight is 317 g/mol. The number of piperazine rings is 1. The lowest BCUT2D eigenvalue weighted by atomic mass is 9.96. The Morgan fingerprint density at radius 3 is 2.65 bits per heavy atom. The molecule has 2 aliphatic rings. The fraction of sp³-hybridized carbons (Fsp3) is 0.706. The molecule has 0 spiro atoms. The number of carbonyl (C=O) groups excluding carboxylic acids is 1. The van der Waals surface area contributed by atoms with Gasteiger partial charge in [-0.05, 0) is 33.7 Å². The molecule has 2 saturated heterocycles. The maximum Gasteiger partial charge on any atom is 0.227 e. The molecule has 0 radical (unpaired) electrons. The third-order valence-electron chi connectivity index (χ3n) is 4.94. The number of hydrogen-bond acceptors (Lipinski definition) is 5. The van der Waals surface area contributed by atoms with Gasteiger partial charge in [0.05, 0.1) is 17.3 Å². The average Bonchev–Trinajstić information content (AvgIpc) is 2.57. The number of carbonyl (C=O) groups is 1. The molecular weight excluding hydrogens is 290 g/mol. The fourth-order valence-electron chi connectivity index (χ4n) is 3.48. The molecule has 0 saturated carbocycles. The van der Waals surface area contributed by atoms with Crippen LogP contribution in [0.2, 0.25) is 0 Å². The Morgan fingerprint density at radius 2 is 1.91 bits per heavy atom. The molecule has 0 unspecified atom stereocenters. The molecule has 2 fully saturated rings. The molecule has 2 aliphatic heterocycles. The highest BCUT2D eigenvalue weighted by atomic mass is 16.2. The number of aromatic nitrogens is 2. The van der Waals surface area contributed by atoms with Gasteiger partial charge in [0.1, 0.15) is 5.82 Å². The van der Waals surface area contributed by atoms with Crippen LogP contribution < -0.4 is 4.90 Å². The maximum atomic E-state index is 12.8. The van der Waals surface area contributed by atoms with Crippen LogP contribution in [0.25, 0.3) is 0 Å². The summed E-state index contributed by atoms with van der Waals surface area (Å²) in [6, 6.07) is 0. The molecule has 1 amide bonds. The number of hydrogen-bond donors (Lipinski definition) is 0. The normalized spacial score (nSPS) is 23.2. The Hall–Kier alpha value is -1.69. The second kappa shape index (κ2) is 6.83. The first kappa shape index (κ1) is 16.2. The summed E-state index contributed by atoms with van der Waals surface area (Å²) in [4.78, 5) is 28.5. The van der Waals surface area contributed by atoms with Crippen molar-refractivity contribution in [2.75, 3.05) is 51.2 Å². The molecule has 0 aliphatic carbocycles. The summed E-state index contributed by atoms with van der Waals surface area (Å²) < 4.78 is 0. The third kappa shape index (κ3) is 3.63. The molecule has 1 aromatic rings. The van der Waals surface area contributed by atoms with Crippen molar-refractivity contribution in [2.24, 2.45) is 5.92 Å². The van der Waals surface area contributed by atoms with Crippen LogP contribution in [0.4, 0.5) is 5.82 Å². The largest absolute Gasteiger partial charge is 0.354 e. The van der Waals surface area contributed by atoms with Gasteiger partial charge in [0, 0.05) is 45.5 Å².